The Morgan fingerprint density at radius 1 is 1.47 bits per heavy atom. The number of phenols is 1. The second kappa shape index (κ2) is 3.95. The van der Waals surface area contributed by atoms with E-state index in [2.05, 4.69) is 4.90 Å². The number of rotatable bonds is 3. The van der Waals surface area contributed by atoms with Crippen LogP contribution in [0, 0.1) is 5.41 Å². The van der Waals surface area contributed by atoms with Crippen molar-refractivity contribution in [2.75, 3.05) is 18.0 Å². The molecule has 17 heavy (non-hydrogen) atoms. The van der Waals surface area contributed by atoms with E-state index in [9.17, 15) is 9.90 Å². The van der Waals surface area contributed by atoms with Gasteiger partial charge in [-0.25, -0.2) is 0 Å². The lowest BCUT2D eigenvalue weighted by molar-refractivity contribution is -0.146. The summed E-state index contributed by atoms with van der Waals surface area (Å²) in [6.07, 6.45) is 0.861. The molecule has 0 bridgehead atoms. The highest BCUT2D eigenvalue weighted by atomic mass is 16.4. The predicted octanol–water partition coefficient (Wildman–Crippen LogP) is 1.87. The molecule has 1 heterocycles. The number of carboxylic acids is 1. The van der Waals surface area contributed by atoms with E-state index in [-0.39, 0.29) is 5.75 Å². The zero-order valence-corrected chi connectivity index (χ0v) is 10.1. The molecule has 0 amide bonds. The van der Waals surface area contributed by atoms with Gasteiger partial charge in [0, 0.05) is 18.8 Å². The van der Waals surface area contributed by atoms with Gasteiger partial charge in [-0.2, -0.15) is 0 Å². The maximum Gasteiger partial charge on any atom is 0.310 e. The third-order valence-corrected chi connectivity index (χ3v) is 3.22. The van der Waals surface area contributed by atoms with Crippen LogP contribution in [0.25, 0.3) is 0 Å². The van der Waals surface area contributed by atoms with Gasteiger partial charge < -0.3 is 15.1 Å². The first-order valence-electron chi connectivity index (χ1n) is 5.70. The van der Waals surface area contributed by atoms with Crippen LogP contribution in [-0.4, -0.2) is 29.3 Å². The summed E-state index contributed by atoms with van der Waals surface area (Å²) in [7, 11) is 0. The number of aliphatic carboxylic acids is 1. The summed E-state index contributed by atoms with van der Waals surface area (Å²) >= 11 is 0. The van der Waals surface area contributed by atoms with Crippen LogP contribution in [-0.2, 0) is 11.2 Å². The zero-order valence-electron chi connectivity index (χ0n) is 10.1. The van der Waals surface area contributed by atoms with Crippen molar-refractivity contribution in [3.63, 3.8) is 0 Å². The Morgan fingerprint density at radius 2 is 2.18 bits per heavy atom. The lowest BCUT2D eigenvalue weighted by atomic mass is 9.93. The minimum absolute atomic E-state index is 0.267. The molecule has 0 unspecified atom stereocenters. The first-order valence-corrected chi connectivity index (χ1v) is 5.70. The van der Waals surface area contributed by atoms with Crippen molar-refractivity contribution >= 4 is 11.7 Å². The van der Waals surface area contributed by atoms with Crippen LogP contribution in [0.2, 0.25) is 0 Å². The average Bonchev–Trinajstić information content (AvgIpc) is 2.60. The van der Waals surface area contributed by atoms with Crippen molar-refractivity contribution in [2.45, 2.75) is 20.3 Å². The van der Waals surface area contributed by atoms with Gasteiger partial charge >= 0.3 is 5.97 Å². The second-order valence-electron chi connectivity index (χ2n) is 5.17. The Hall–Kier alpha value is -1.71. The molecule has 0 spiro atoms. The number of anilines is 1. The molecular formula is C13H17NO3. The van der Waals surface area contributed by atoms with Crippen LogP contribution in [0.5, 0.6) is 5.75 Å². The summed E-state index contributed by atoms with van der Waals surface area (Å²) in [5, 5.41) is 18.5. The Labute approximate surface area is 100 Å². The average molecular weight is 235 g/mol. The Bertz CT molecular complexity index is 454. The van der Waals surface area contributed by atoms with Gasteiger partial charge in [-0.05, 0) is 44.0 Å². The third kappa shape index (κ3) is 2.20. The summed E-state index contributed by atoms with van der Waals surface area (Å²) in [4.78, 5) is 13.2. The number of hydrogen-bond acceptors (Lipinski definition) is 3. The van der Waals surface area contributed by atoms with Crippen molar-refractivity contribution in [1.82, 2.24) is 0 Å². The van der Waals surface area contributed by atoms with Crippen LogP contribution >= 0.6 is 0 Å². The molecule has 1 aliphatic heterocycles. The molecule has 0 radical (unpaired) electrons. The molecule has 92 valence electrons. The van der Waals surface area contributed by atoms with E-state index in [0.717, 1.165) is 24.2 Å². The summed E-state index contributed by atoms with van der Waals surface area (Å²) in [6.45, 7) is 4.76. The Morgan fingerprint density at radius 3 is 2.82 bits per heavy atom. The highest BCUT2D eigenvalue weighted by Crippen LogP contribution is 2.33. The summed E-state index contributed by atoms with van der Waals surface area (Å²) in [5.41, 5.74) is 1.36. The molecular weight excluding hydrogens is 218 g/mol. The van der Waals surface area contributed by atoms with Crippen LogP contribution in [0.1, 0.15) is 19.4 Å². The zero-order chi connectivity index (χ0) is 12.6. The van der Waals surface area contributed by atoms with Crippen molar-refractivity contribution in [3.05, 3.63) is 23.8 Å². The number of fused-ring (bicyclic) bond motifs is 1. The summed E-state index contributed by atoms with van der Waals surface area (Å²) in [5.74, 6) is -0.521. The minimum atomic E-state index is -0.787. The van der Waals surface area contributed by atoms with Crippen LogP contribution in [0.4, 0.5) is 5.69 Å². The fourth-order valence-corrected chi connectivity index (χ4v) is 2.17. The minimum Gasteiger partial charge on any atom is -0.508 e. The van der Waals surface area contributed by atoms with Gasteiger partial charge in [0.25, 0.3) is 0 Å². The van der Waals surface area contributed by atoms with Gasteiger partial charge in [0.15, 0.2) is 0 Å². The van der Waals surface area contributed by atoms with E-state index in [1.807, 2.05) is 6.07 Å². The summed E-state index contributed by atoms with van der Waals surface area (Å²) < 4.78 is 0. The SMILES string of the molecule is CC(C)(CN1CCc2cc(O)ccc21)C(=O)O. The number of hydrogen-bond donors (Lipinski definition) is 2. The van der Waals surface area contributed by atoms with Gasteiger partial charge in [0.1, 0.15) is 5.75 Å². The maximum absolute atomic E-state index is 11.1. The second-order valence-corrected chi connectivity index (χ2v) is 5.17. The quantitative estimate of drug-likeness (QED) is 0.839. The van der Waals surface area contributed by atoms with Crippen LogP contribution < -0.4 is 4.90 Å². The number of nitrogens with zero attached hydrogens (tertiary/aromatic N) is 1. The van der Waals surface area contributed by atoms with E-state index in [1.54, 1.807) is 26.0 Å². The fraction of sp³-hybridized carbons (Fsp3) is 0.462. The van der Waals surface area contributed by atoms with Gasteiger partial charge in [0.05, 0.1) is 5.41 Å². The van der Waals surface area contributed by atoms with E-state index in [0.29, 0.717) is 6.54 Å². The normalized spacial score (nSPS) is 14.8. The Kier molecular flexibility index (Phi) is 2.73. The number of aromatic hydroxyl groups is 1. The molecule has 0 saturated carbocycles. The van der Waals surface area contributed by atoms with Crippen molar-refractivity contribution in [1.29, 1.82) is 0 Å². The molecule has 0 atom stereocenters. The standard InChI is InChI=1S/C13H17NO3/c1-13(2,12(16)17)8-14-6-5-9-7-10(15)3-4-11(9)14/h3-4,7,15H,5-6,8H2,1-2H3,(H,16,17). The lowest BCUT2D eigenvalue weighted by Crippen LogP contribution is -2.38. The molecule has 4 heteroatoms. The molecule has 0 fully saturated rings. The monoisotopic (exact) mass is 235 g/mol. The first kappa shape index (κ1) is 11.8. The van der Waals surface area contributed by atoms with E-state index in [1.165, 1.54) is 0 Å². The maximum atomic E-state index is 11.1. The van der Waals surface area contributed by atoms with Crippen molar-refractivity contribution in [2.24, 2.45) is 5.41 Å². The van der Waals surface area contributed by atoms with E-state index < -0.39 is 11.4 Å². The van der Waals surface area contributed by atoms with Crippen molar-refractivity contribution < 1.29 is 15.0 Å². The van der Waals surface area contributed by atoms with E-state index in [4.69, 9.17) is 5.11 Å². The molecule has 1 aliphatic rings. The number of benzene rings is 1. The van der Waals surface area contributed by atoms with E-state index >= 15 is 0 Å². The van der Waals surface area contributed by atoms with Gasteiger partial charge in [-0.3, -0.25) is 4.79 Å². The van der Waals surface area contributed by atoms with Crippen LogP contribution in [0.3, 0.4) is 0 Å². The van der Waals surface area contributed by atoms with Gasteiger partial charge in [-0.15, -0.1) is 0 Å². The molecule has 1 aromatic carbocycles. The number of phenolic OH excluding ortho intramolecular Hbond substituents is 1. The molecule has 0 aliphatic carbocycles. The third-order valence-electron chi connectivity index (χ3n) is 3.22. The van der Waals surface area contributed by atoms with Crippen molar-refractivity contribution in [3.8, 4) is 5.75 Å². The Balaban J connectivity index is 2.20. The highest BCUT2D eigenvalue weighted by molar-refractivity contribution is 5.75. The molecule has 2 rings (SSSR count). The molecule has 0 saturated heterocycles. The smallest absolute Gasteiger partial charge is 0.310 e. The largest absolute Gasteiger partial charge is 0.508 e. The summed E-state index contributed by atoms with van der Waals surface area (Å²) in [6, 6.07) is 5.25. The first-order chi connectivity index (χ1) is 7.90. The van der Waals surface area contributed by atoms with Crippen LogP contribution in [0.15, 0.2) is 18.2 Å². The van der Waals surface area contributed by atoms with Gasteiger partial charge in [-0.1, -0.05) is 0 Å². The number of carboxylic acid groups (broad SMARTS) is 1. The molecule has 0 aromatic heterocycles. The highest BCUT2D eigenvalue weighted by Gasteiger charge is 2.32. The molecule has 4 nitrogen and oxygen atoms in total. The van der Waals surface area contributed by atoms with Gasteiger partial charge in [0.2, 0.25) is 0 Å². The fourth-order valence-electron chi connectivity index (χ4n) is 2.17. The number of carbonyl (C=O) groups is 1. The molecule has 2 N–H and O–H groups in total. The predicted molar refractivity (Wildman–Crippen MR) is 65.4 cm³/mol. The molecule has 1 aromatic rings. The lowest BCUT2D eigenvalue weighted by Gasteiger charge is -2.28. The topological polar surface area (TPSA) is 60.8 Å².